The molecule has 0 saturated heterocycles. The van der Waals surface area contributed by atoms with Crippen molar-refractivity contribution in [1.82, 2.24) is 5.32 Å². The summed E-state index contributed by atoms with van der Waals surface area (Å²) in [7, 11) is 4.67. The highest BCUT2D eigenvalue weighted by molar-refractivity contribution is 5.91. The summed E-state index contributed by atoms with van der Waals surface area (Å²) in [6.07, 6.45) is 4.32. The molecule has 1 amide bonds. The Bertz CT molecular complexity index is 814. The third kappa shape index (κ3) is 4.45. The third-order valence-corrected chi connectivity index (χ3v) is 4.71. The van der Waals surface area contributed by atoms with Crippen LogP contribution in [0, 0.1) is 5.92 Å². The number of hydrogen-bond donors (Lipinski definition) is 1. The van der Waals surface area contributed by atoms with Gasteiger partial charge in [0.15, 0.2) is 11.5 Å². The molecule has 0 spiro atoms. The van der Waals surface area contributed by atoms with E-state index in [1.807, 2.05) is 12.1 Å². The lowest BCUT2D eigenvalue weighted by Gasteiger charge is -2.14. The summed E-state index contributed by atoms with van der Waals surface area (Å²) < 4.78 is 21.7. The van der Waals surface area contributed by atoms with E-state index < -0.39 is 0 Å². The van der Waals surface area contributed by atoms with Gasteiger partial charge in [-0.3, -0.25) is 4.79 Å². The zero-order valence-corrected chi connectivity index (χ0v) is 16.1. The average Bonchev–Trinajstić information content (AvgIpc) is 3.23. The average molecular weight is 371 g/mol. The summed E-state index contributed by atoms with van der Waals surface area (Å²) in [5.41, 5.74) is 0.842. The topological polar surface area (TPSA) is 69.9 Å². The van der Waals surface area contributed by atoms with Crippen LogP contribution in [0.25, 0.3) is 6.08 Å². The van der Waals surface area contributed by atoms with Crippen molar-refractivity contribution in [1.29, 1.82) is 0 Å². The number of amides is 1. The minimum Gasteiger partial charge on any atom is -0.493 e. The lowest BCUT2D eigenvalue weighted by molar-refractivity contribution is -0.116. The lowest BCUT2D eigenvalue weighted by atomic mass is 10.1. The molecular formula is C21H25NO5. The van der Waals surface area contributed by atoms with E-state index in [4.69, 9.17) is 18.6 Å². The SMILES string of the molecule is COc1cc(CNC(=O)/C=C/c2ccc(C3CC3C)o2)cc(OC)c1OC. The molecule has 0 aliphatic heterocycles. The fraction of sp³-hybridized carbons (Fsp3) is 0.381. The van der Waals surface area contributed by atoms with Gasteiger partial charge in [0.25, 0.3) is 0 Å². The van der Waals surface area contributed by atoms with Gasteiger partial charge in [0, 0.05) is 18.5 Å². The first-order valence-electron chi connectivity index (χ1n) is 8.90. The lowest BCUT2D eigenvalue weighted by Crippen LogP contribution is -2.20. The number of carbonyl (C=O) groups is 1. The van der Waals surface area contributed by atoms with Gasteiger partial charge in [0.2, 0.25) is 11.7 Å². The number of rotatable bonds is 8. The Morgan fingerprint density at radius 3 is 2.41 bits per heavy atom. The van der Waals surface area contributed by atoms with E-state index in [-0.39, 0.29) is 5.91 Å². The van der Waals surface area contributed by atoms with Crippen LogP contribution in [0.1, 0.15) is 36.3 Å². The van der Waals surface area contributed by atoms with E-state index in [0.717, 1.165) is 11.3 Å². The van der Waals surface area contributed by atoms with Crippen molar-refractivity contribution in [3.63, 3.8) is 0 Å². The van der Waals surface area contributed by atoms with E-state index in [0.29, 0.717) is 41.4 Å². The molecule has 0 radical (unpaired) electrons. The maximum Gasteiger partial charge on any atom is 0.244 e. The second-order valence-electron chi connectivity index (χ2n) is 6.64. The minimum absolute atomic E-state index is 0.207. The fourth-order valence-electron chi connectivity index (χ4n) is 3.02. The molecule has 1 aromatic carbocycles. The Kier molecular flexibility index (Phi) is 5.74. The van der Waals surface area contributed by atoms with Crippen LogP contribution in [-0.2, 0) is 11.3 Å². The van der Waals surface area contributed by atoms with E-state index >= 15 is 0 Å². The molecule has 6 nitrogen and oxygen atoms in total. The van der Waals surface area contributed by atoms with E-state index in [2.05, 4.69) is 12.2 Å². The van der Waals surface area contributed by atoms with Gasteiger partial charge in [-0.05, 0) is 48.2 Å². The first-order valence-corrected chi connectivity index (χ1v) is 8.90. The Morgan fingerprint density at radius 1 is 1.19 bits per heavy atom. The first kappa shape index (κ1) is 18.9. The van der Waals surface area contributed by atoms with Gasteiger partial charge in [-0.1, -0.05) is 6.92 Å². The second-order valence-corrected chi connectivity index (χ2v) is 6.64. The third-order valence-electron chi connectivity index (χ3n) is 4.71. The van der Waals surface area contributed by atoms with Crippen molar-refractivity contribution < 1.29 is 23.4 Å². The summed E-state index contributed by atoms with van der Waals surface area (Å²) in [5.74, 6) is 4.32. The Hall–Kier alpha value is -2.89. The molecule has 1 fully saturated rings. The van der Waals surface area contributed by atoms with Crippen LogP contribution < -0.4 is 19.5 Å². The van der Waals surface area contributed by atoms with Crippen LogP contribution in [0.2, 0.25) is 0 Å². The van der Waals surface area contributed by atoms with Gasteiger partial charge >= 0.3 is 0 Å². The van der Waals surface area contributed by atoms with Crippen molar-refractivity contribution in [3.8, 4) is 17.2 Å². The van der Waals surface area contributed by atoms with E-state index in [9.17, 15) is 4.79 Å². The highest BCUT2D eigenvalue weighted by Gasteiger charge is 2.36. The molecule has 2 unspecified atom stereocenters. The number of nitrogens with one attached hydrogen (secondary N) is 1. The molecule has 1 aliphatic rings. The van der Waals surface area contributed by atoms with Crippen molar-refractivity contribution in [2.75, 3.05) is 21.3 Å². The number of furan rings is 1. The monoisotopic (exact) mass is 371 g/mol. The van der Waals surface area contributed by atoms with Crippen molar-refractivity contribution in [2.24, 2.45) is 5.92 Å². The smallest absolute Gasteiger partial charge is 0.244 e. The molecule has 1 aliphatic carbocycles. The number of ether oxygens (including phenoxy) is 3. The first-order chi connectivity index (χ1) is 13.0. The molecule has 2 aromatic rings. The molecule has 3 rings (SSSR count). The highest BCUT2D eigenvalue weighted by atomic mass is 16.5. The highest BCUT2D eigenvalue weighted by Crippen LogP contribution is 2.47. The zero-order chi connectivity index (χ0) is 19.4. The summed E-state index contributed by atoms with van der Waals surface area (Å²) in [5, 5.41) is 2.84. The van der Waals surface area contributed by atoms with E-state index in [1.54, 1.807) is 39.5 Å². The van der Waals surface area contributed by atoms with Gasteiger partial charge in [0.05, 0.1) is 21.3 Å². The predicted molar refractivity (Wildman–Crippen MR) is 102 cm³/mol. The van der Waals surface area contributed by atoms with Gasteiger partial charge in [-0.2, -0.15) is 0 Å². The maximum atomic E-state index is 12.1. The fourth-order valence-corrected chi connectivity index (χ4v) is 3.02. The molecule has 1 aromatic heterocycles. The van der Waals surface area contributed by atoms with Gasteiger partial charge in [-0.25, -0.2) is 0 Å². The molecule has 0 bridgehead atoms. The Labute approximate surface area is 159 Å². The second kappa shape index (κ2) is 8.20. The number of carbonyl (C=O) groups excluding carboxylic acids is 1. The van der Waals surface area contributed by atoms with Crippen LogP contribution >= 0.6 is 0 Å². The summed E-state index contributed by atoms with van der Waals surface area (Å²) in [6.45, 7) is 2.54. The minimum atomic E-state index is -0.207. The van der Waals surface area contributed by atoms with Gasteiger partial charge < -0.3 is 23.9 Å². The van der Waals surface area contributed by atoms with Crippen LogP contribution in [0.5, 0.6) is 17.2 Å². The summed E-state index contributed by atoms with van der Waals surface area (Å²) >= 11 is 0. The Balaban J connectivity index is 1.59. The zero-order valence-electron chi connectivity index (χ0n) is 16.1. The normalized spacial score (nSPS) is 18.4. The van der Waals surface area contributed by atoms with Crippen LogP contribution in [-0.4, -0.2) is 27.2 Å². The molecule has 6 heteroatoms. The molecule has 27 heavy (non-hydrogen) atoms. The molecular weight excluding hydrogens is 346 g/mol. The number of benzene rings is 1. The van der Waals surface area contributed by atoms with Crippen molar-refractivity contribution >= 4 is 12.0 Å². The summed E-state index contributed by atoms with van der Waals surface area (Å²) in [6, 6.07) is 7.49. The number of methoxy groups -OCH3 is 3. The molecule has 1 heterocycles. The summed E-state index contributed by atoms with van der Waals surface area (Å²) in [4.78, 5) is 12.1. The largest absolute Gasteiger partial charge is 0.493 e. The van der Waals surface area contributed by atoms with Crippen molar-refractivity contribution in [3.05, 3.63) is 47.4 Å². The van der Waals surface area contributed by atoms with Crippen LogP contribution in [0.3, 0.4) is 0 Å². The molecule has 1 saturated carbocycles. The number of hydrogen-bond acceptors (Lipinski definition) is 5. The maximum absolute atomic E-state index is 12.1. The van der Waals surface area contributed by atoms with E-state index in [1.165, 1.54) is 12.5 Å². The van der Waals surface area contributed by atoms with Gasteiger partial charge in [0.1, 0.15) is 11.5 Å². The standard InChI is InChI=1S/C21H25NO5/c1-13-9-16(13)17-7-5-15(27-17)6-8-20(23)22-12-14-10-18(24-2)21(26-4)19(11-14)25-3/h5-8,10-11,13,16H,9,12H2,1-4H3,(H,22,23)/b8-6+. The molecule has 1 N–H and O–H groups in total. The molecule has 2 atom stereocenters. The van der Waals surface area contributed by atoms with Crippen molar-refractivity contribution in [2.45, 2.75) is 25.8 Å². The molecule has 144 valence electrons. The van der Waals surface area contributed by atoms with Crippen LogP contribution in [0.4, 0.5) is 0 Å². The quantitative estimate of drug-likeness (QED) is 0.716. The van der Waals surface area contributed by atoms with Crippen LogP contribution in [0.15, 0.2) is 34.8 Å². The van der Waals surface area contributed by atoms with Gasteiger partial charge in [-0.15, -0.1) is 0 Å². The Morgan fingerprint density at radius 2 is 1.85 bits per heavy atom. The predicted octanol–water partition coefficient (Wildman–Crippen LogP) is 3.76.